The van der Waals surface area contributed by atoms with Gasteiger partial charge in [-0.1, -0.05) is 6.07 Å². The van der Waals surface area contributed by atoms with Gasteiger partial charge in [0, 0.05) is 13.1 Å². The van der Waals surface area contributed by atoms with Gasteiger partial charge in [0.2, 0.25) is 15.9 Å². The fourth-order valence-corrected chi connectivity index (χ4v) is 4.44. The van der Waals surface area contributed by atoms with Gasteiger partial charge < -0.3 is 15.2 Å². The van der Waals surface area contributed by atoms with Crippen molar-refractivity contribution in [1.82, 2.24) is 4.31 Å². The normalized spacial score (nSPS) is 18.9. The molecule has 0 saturated carbocycles. The number of esters is 1. The molecule has 2 aliphatic heterocycles. The largest absolute Gasteiger partial charge is 0.463 e. The predicted octanol–water partition coefficient (Wildman–Crippen LogP) is 0.178. The number of benzene rings is 1. The summed E-state index contributed by atoms with van der Waals surface area (Å²) in [4.78, 5) is 25.5. The lowest BCUT2D eigenvalue weighted by molar-refractivity contribution is -0.139. The Balaban J connectivity index is 1.93. The average molecular weight is 395 g/mol. The molecule has 27 heavy (non-hydrogen) atoms. The molecule has 0 bridgehead atoms. The summed E-state index contributed by atoms with van der Waals surface area (Å²) in [5.74, 6) is -1.11. The van der Waals surface area contributed by atoms with Gasteiger partial charge in [-0.25, -0.2) is 13.2 Å². The molecular weight excluding hydrogens is 374 g/mol. The summed E-state index contributed by atoms with van der Waals surface area (Å²) >= 11 is 0. The summed E-state index contributed by atoms with van der Waals surface area (Å²) in [6, 6.07) is 5.94. The molecule has 0 unspecified atom stereocenters. The van der Waals surface area contributed by atoms with Crippen molar-refractivity contribution in [2.75, 3.05) is 37.8 Å². The van der Waals surface area contributed by atoms with Crippen molar-refractivity contribution >= 4 is 27.6 Å². The summed E-state index contributed by atoms with van der Waals surface area (Å²) < 4.78 is 37.1. The van der Waals surface area contributed by atoms with E-state index in [1.54, 1.807) is 13.0 Å². The van der Waals surface area contributed by atoms with Crippen molar-refractivity contribution in [1.29, 1.82) is 0 Å². The molecule has 0 spiro atoms. The van der Waals surface area contributed by atoms with E-state index in [2.05, 4.69) is 0 Å². The Labute approximate surface area is 157 Å². The Hall–Kier alpha value is -2.43. The third-order valence-electron chi connectivity index (χ3n) is 4.33. The molecule has 9 nitrogen and oxygen atoms in total. The first kappa shape index (κ1) is 19.3. The zero-order chi connectivity index (χ0) is 19.6. The van der Waals surface area contributed by atoms with Crippen LogP contribution in [0.4, 0.5) is 5.69 Å². The Bertz CT molecular complexity index is 890. The first-order chi connectivity index (χ1) is 12.9. The van der Waals surface area contributed by atoms with E-state index in [0.29, 0.717) is 13.2 Å². The lowest BCUT2D eigenvalue weighted by atomic mass is 10.2. The number of rotatable bonds is 5. The van der Waals surface area contributed by atoms with Crippen molar-refractivity contribution in [2.24, 2.45) is 5.73 Å². The number of hydrogen-bond donors (Lipinski definition) is 1. The number of hydrogen-bond acceptors (Lipinski definition) is 7. The Morgan fingerprint density at radius 3 is 2.67 bits per heavy atom. The minimum absolute atomic E-state index is 0.0422. The van der Waals surface area contributed by atoms with Crippen LogP contribution in [0, 0.1) is 0 Å². The zero-order valence-electron chi connectivity index (χ0n) is 14.9. The molecule has 0 aromatic heterocycles. The number of nitrogens with two attached hydrogens (primary N) is 1. The third-order valence-corrected chi connectivity index (χ3v) is 6.23. The fourth-order valence-electron chi connectivity index (χ4n) is 2.99. The molecule has 10 heteroatoms. The predicted molar refractivity (Wildman–Crippen MR) is 96.0 cm³/mol. The van der Waals surface area contributed by atoms with Crippen molar-refractivity contribution in [3.8, 4) is 0 Å². The van der Waals surface area contributed by atoms with Crippen LogP contribution in [0.3, 0.4) is 0 Å². The first-order valence-corrected chi connectivity index (χ1v) is 9.97. The lowest BCUT2D eigenvalue weighted by Crippen LogP contribution is -2.40. The maximum Gasteiger partial charge on any atom is 0.338 e. The quantitative estimate of drug-likeness (QED) is 0.706. The van der Waals surface area contributed by atoms with Crippen LogP contribution in [0.2, 0.25) is 0 Å². The van der Waals surface area contributed by atoms with Gasteiger partial charge in [-0.05, 0) is 25.1 Å². The maximum atomic E-state index is 12.8. The topological polar surface area (TPSA) is 119 Å². The van der Waals surface area contributed by atoms with E-state index in [1.165, 1.54) is 22.5 Å². The molecule has 146 valence electrons. The van der Waals surface area contributed by atoms with Gasteiger partial charge >= 0.3 is 5.97 Å². The minimum Gasteiger partial charge on any atom is -0.463 e. The second kappa shape index (κ2) is 7.67. The van der Waals surface area contributed by atoms with E-state index < -0.39 is 21.9 Å². The molecule has 0 atom stereocenters. The minimum atomic E-state index is -3.72. The van der Waals surface area contributed by atoms with Gasteiger partial charge in [0.25, 0.3) is 0 Å². The molecule has 2 N–H and O–H groups in total. The lowest BCUT2D eigenvalue weighted by Gasteiger charge is -2.26. The van der Waals surface area contributed by atoms with Gasteiger partial charge in [-0.2, -0.15) is 4.31 Å². The van der Waals surface area contributed by atoms with E-state index in [-0.39, 0.29) is 48.1 Å². The second-order valence-corrected chi connectivity index (χ2v) is 7.94. The molecular formula is C17H21N3O6S. The molecule has 1 saturated heterocycles. The molecule has 0 aliphatic carbocycles. The Morgan fingerprint density at radius 2 is 2.00 bits per heavy atom. The summed E-state index contributed by atoms with van der Waals surface area (Å²) in [7, 11) is -3.72. The Morgan fingerprint density at radius 1 is 1.30 bits per heavy atom. The van der Waals surface area contributed by atoms with Crippen LogP contribution in [0.1, 0.15) is 13.3 Å². The number of anilines is 1. The highest BCUT2D eigenvalue weighted by Crippen LogP contribution is 2.30. The zero-order valence-corrected chi connectivity index (χ0v) is 15.7. The fraction of sp³-hybridized carbons (Fsp3) is 0.412. The van der Waals surface area contributed by atoms with Crippen molar-refractivity contribution in [3.05, 3.63) is 35.7 Å². The highest BCUT2D eigenvalue weighted by atomic mass is 32.2. The van der Waals surface area contributed by atoms with Crippen LogP contribution >= 0.6 is 0 Å². The summed E-state index contributed by atoms with van der Waals surface area (Å²) in [6.45, 7) is 3.03. The van der Waals surface area contributed by atoms with Crippen LogP contribution in [-0.2, 0) is 29.1 Å². The summed E-state index contributed by atoms with van der Waals surface area (Å²) in [6.07, 6.45) is -0.189. The molecule has 3 rings (SSSR count). The van der Waals surface area contributed by atoms with Gasteiger partial charge in [-0.3, -0.25) is 9.69 Å². The van der Waals surface area contributed by atoms with Crippen molar-refractivity contribution in [3.63, 3.8) is 0 Å². The number of carbonyl (C=O) groups is 2. The molecule has 2 aliphatic rings. The smallest absolute Gasteiger partial charge is 0.338 e. The van der Waals surface area contributed by atoms with Gasteiger partial charge in [0.1, 0.15) is 5.82 Å². The molecule has 1 aromatic carbocycles. The number of ether oxygens (including phenoxy) is 2. The highest BCUT2D eigenvalue weighted by Gasteiger charge is 2.35. The van der Waals surface area contributed by atoms with Crippen molar-refractivity contribution < 1.29 is 27.5 Å². The standard InChI is InChI=1S/C17H21N3O6S/c1-2-26-17(22)14-11-15(21)20(16(14)18)12-4-3-5-13(10-12)27(23,24)19-6-8-25-9-7-19/h3-5,10H,2,6-9,11,18H2,1H3. The maximum absolute atomic E-state index is 12.8. The number of nitrogens with zero attached hydrogens (tertiary/aromatic N) is 2. The average Bonchev–Trinajstić information content (AvgIpc) is 2.97. The van der Waals surface area contributed by atoms with Crippen LogP contribution < -0.4 is 10.6 Å². The second-order valence-electron chi connectivity index (χ2n) is 6.00. The third kappa shape index (κ3) is 3.68. The van der Waals surface area contributed by atoms with E-state index in [9.17, 15) is 18.0 Å². The Kier molecular flexibility index (Phi) is 5.49. The van der Waals surface area contributed by atoms with Gasteiger partial charge in [0.05, 0.1) is 42.4 Å². The molecule has 1 aromatic rings. The summed E-state index contributed by atoms with van der Waals surface area (Å²) in [5, 5.41) is 0. The van der Waals surface area contributed by atoms with Crippen LogP contribution in [-0.4, -0.2) is 57.5 Å². The molecule has 1 amide bonds. The van der Waals surface area contributed by atoms with E-state index in [4.69, 9.17) is 15.2 Å². The molecule has 1 fully saturated rings. The SMILES string of the molecule is CCOC(=O)C1=C(N)N(c2cccc(S(=O)(=O)N3CCOCC3)c2)C(=O)C1. The number of carbonyl (C=O) groups excluding carboxylic acids is 2. The van der Waals surface area contributed by atoms with Gasteiger partial charge in [-0.15, -0.1) is 0 Å². The van der Waals surface area contributed by atoms with E-state index in [0.717, 1.165) is 4.90 Å². The highest BCUT2D eigenvalue weighted by molar-refractivity contribution is 7.89. The van der Waals surface area contributed by atoms with Crippen LogP contribution in [0.25, 0.3) is 0 Å². The van der Waals surface area contributed by atoms with Crippen LogP contribution in [0.5, 0.6) is 0 Å². The van der Waals surface area contributed by atoms with E-state index >= 15 is 0 Å². The number of morpholine rings is 1. The molecule has 2 heterocycles. The van der Waals surface area contributed by atoms with Crippen LogP contribution in [0.15, 0.2) is 40.6 Å². The van der Waals surface area contributed by atoms with Gasteiger partial charge in [0.15, 0.2) is 0 Å². The van der Waals surface area contributed by atoms with E-state index in [1.807, 2.05) is 0 Å². The first-order valence-electron chi connectivity index (χ1n) is 8.53. The monoisotopic (exact) mass is 395 g/mol. The van der Waals surface area contributed by atoms with Crippen molar-refractivity contribution in [2.45, 2.75) is 18.2 Å². The number of sulfonamides is 1. The number of amides is 1. The molecule has 0 radical (unpaired) electrons. The summed E-state index contributed by atoms with van der Waals surface area (Å²) in [5.41, 5.74) is 6.34.